The Balaban J connectivity index is 2.20. The van der Waals surface area contributed by atoms with E-state index in [1.165, 1.54) is 61.4 Å². The zero-order valence-corrected chi connectivity index (χ0v) is 13.5. The molecular weight excluding hydrogens is 254 g/mol. The smallest absolute Gasteiger partial charge is 0.0828 e. The lowest BCUT2D eigenvalue weighted by atomic mass is 10.0. The largest absolute Gasteiger partial charge is 0.323 e. The van der Waals surface area contributed by atoms with E-state index in [1.54, 1.807) is 0 Å². The summed E-state index contributed by atoms with van der Waals surface area (Å²) >= 11 is 1.47. The number of nitrogens with two attached hydrogens (primary N) is 1. The molecule has 0 aliphatic heterocycles. The fraction of sp³-hybridized carbons (Fsp3) is 0.867. The van der Waals surface area contributed by atoms with E-state index in [2.05, 4.69) is 30.4 Å². The average Bonchev–Trinajstić information content (AvgIpc) is 2.87. The van der Waals surface area contributed by atoms with Crippen LogP contribution in [0.2, 0.25) is 0 Å². The van der Waals surface area contributed by atoms with Crippen molar-refractivity contribution >= 4 is 11.5 Å². The Bertz CT molecular complexity index is 336. The van der Waals surface area contributed by atoms with Crippen LogP contribution in [0.3, 0.4) is 0 Å². The van der Waals surface area contributed by atoms with Crippen molar-refractivity contribution in [3.63, 3.8) is 0 Å². The van der Waals surface area contributed by atoms with Crippen molar-refractivity contribution in [1.82, 2.24) is 9.59 Å². The average molecular weight is 283 g/mol. The van der Waals surface area contributed by atoms with Crippen LogP contribution in [0.25, 0.3) is 0 Å². The molecule has 3 nitrogen and oxygen atoms in total. The second kappa shape index (κ2) is 9.43. The minimum absolute atomic E-state index is 0.132. The van der Waals surface area contributed by atoms with Gasteiger partial charge >= 0.3 is 0 Å². The maximum atomic E-state index is 6.27. The van der Waals surface area contributed by atoms with Crippen LogP contribution in [0, 0.1) is 0 Å². The van der Waals surface area contributed by atoms with Crippen LogP contribution in [-0.2, 0) is 0 Å². The number of hydrogen-bond acceptors (Lipinski definition) is 4. The monoisotopic (exact) mass is 283 g/mol. The summed E-state index contributed by atoms with van der Waals surface area (Å²) in [4.78, 5) is 1.20. The molecule has 19 heavy (non-hydrogen) atoms. The van der Waals surface area contributed by atoms with Crippen LogP contribution in [0.5, 0.6) is 0 Å². The minimum Gasteiger partial charge on any atom is -0.323 e. The van der Waals surface area contributed by atoms with Gasteiger partial charge < -0.3 is 5.73 Å². The Hall–Kier alpha value is -0.480. The van der Waals surface area contributed by atoms with E-state index < -0.39 is 0 Å². The van der Waals surface area contributed by atoms with Crippen LogP contribution in [0.1, 0.15) is 94.7 Å². The van der Waals surface area contributed by atoms with E-state index in [0.717, 1.165) is 12.1 Å². The number of nitrogens with zero attached hydrogens (tertiary/aromatic N) is 2. The highest BCUT2D eigenvalue weighted by atomic mass is 32.1. The van der Waals surface area contributed by atoms with E-state index in [1.807, 2.05) is 0 Å². The molecule has 2 N–H and O–H groups in total. The predicted molar refractivity (Wildman–Crippen MR) is 83.5 cm³/mol. The summed E-state index contributed by atoms with van der Waals surface area (Å²) in [6.45, 7) is 6.57. The van der Waals surface area contributed by atoms with Gasteiger partial charge in [-0.25, -0.2) is 0 Å². The maximum absolute atomic E-state index is 6.27. The Labute approximate surface area is 122 Å². The lowest BCUT2D eigenvalue weighted by molar-refractivity contribution is 0.541. The van der Waals surface area contributed by atoms with Crippen molar-refractivity contribution in [3.8, 4) is 0 Å². The molecule has 1 aromatic heterocycles. The topological polar surface area (TPSA) is 51.8 Å². The van der Waals surface area contributed by atoms with Gasteiger partial charge in [0.1, 0.15) is 0 Å². The highest BCUT2D eigenvalue weighted by molar-refractivity contribution is 7.05. The Morgan fingerprint density at radius 1 is 1.05 bits per heavy atom. The molecule has 0 aliphatic rings. The molecule has 0 aliphatic carbocycles. The van der Waals surface area contributed by atoms with E-state index in [4.69, 9.17) is 5.73 Å². The van der Waals surface area contributed by atoms with Gasteiger partial charge in [-0.1, -0.05) is 70.2 Å². The van der Waals surface area contributed by atoms with E-state index in [-0.39, 0.29) is 6.04 Å². The van der Waals surface area contributed by atoms with Gasteiger partial charge in [0.05, 0.1) is 10.6 Å². The molecule has 0 saturated carbocycles. The molecule has 0 saturated heterocycles. The highest BCUT2D eigenvalue weighted by Crippen LogP contribution is 2.27. The summed E-state index contributed by atoms with van der Waals surface area (Å²) in [7, 11) is 0. The third-order valence-electron chi connectivity index (χ3n) is 3.54. The molecule has 0 spiro atoms. The summed E-state index contributed by atoms with van der Waals surface area (Å²) in [5.74, 6) is 0.425. The second-order valence-corrected chi connectivity index (χ2v) is 6.48. The fourth-order valence-corrected chi connectivity index (χ4v) is 3.15. The maximum Gasteiger partial charge on any atom is 0.0828 e. The van der Waals surface area contributed by atoms with Crippen LogP contribution >= 0.6 is 11.5 Å². The summed E-state index contributed by atoms with van der Waals surface area (Å²) in [6, 6.07) is 0.132. The molecule has 0 amide bonds. The first-order chi connectivity index (χ1) is 9.16. The van der Waals surface area contributed by atoms with Crippen molar-refractivity contribution in [1.29, 1.82) is 0 Å². The molecule has 110 valence electrons. The summed E-state index contributed by atoms with van der Waals surface area (Å²) in [6.07, 6.45) is 10.4. The van der Waals surface area contributed by atoms with Crippen LogP contribution in [-0.4, -0.2) is 9.59 Å². The van der Waals surface area contributed by atoms with Crippen molar-refractivity contribution < 1.29 is 0 Å². The second-order valence-electron chi connectivity index (χ2n) is 5.69. The van der Waals surface area contributed by atoms with Crippen molar-refractivity contribution in [2.45, 2.75) is 84.1 Å². The van der Waals surface area contributed by atoms with Crippen LogP contribution < -0.4 is 5.73 Å². The molecular formula is C15H29N3S. The third-order valence-corrected chi connectivity index (χ3v) is 4.41. The molecule has 1 aromatic rings. The summed E-state index contributed by atoms with van der Waals surface area (Å²) in [5.41, 5.74) is 7.37. The van der Waals surface area contributed by atoms with E-state index in [0.29, 0.717) is 5.92 Å². The van der Waals surface area contributed by atoms with Gasteiger partial charge in [0, 0.05) is 6.04 Å². The van der Waals surface area contributed by atoms with Gasteiger partial charge in [-0.3, -0.25) is 0 Å². The fourth-order valence-electron chi connectivity index (χ4n) is 2.31. The predicted octanol–water partition coefficient (Wildman–Crippen LogP) is 4.80. The van der Waals surface area contributed by atoms with Crippen molar-refractivity contribution in [3.05, 3.63) is 10.6 Å². The molecule has 1 unspecified atom stereocenters. The van der Waals surface area contributed by atoms with E-state index in [9.17, 15) is 0 Å². The summed E-state index contributed by atoms with van der Waals surface area (Å²) in [5, 5.41) is 4.20. The first-order valence-electron chi connectivity index (χ1n) is 7.74. The molecule has 0 aromatic carbocycles. The van der Waals surface area contributed by atoms with Crippen LogP contribution in [0.4, 0.5) is 0 Å². The molecule has 1 atom stereocenters. The number of rotatable bonds is 10. The first kappa shape index (κ1) is 16.6. The molecule has 1 heterocycles. The van der Waals surface area contributed by atoms with Gasteiger partial charge in [0.15, 0.2) is 0 Å². The van der Waals surface area contributed by atoms with E-state index >= 15 is 0 Å². The lowest BCUT2D eigenvalue weighted by Gasteiger charge is -2.12. The van der Waals surface area contributed by atoms with Gasteiger partial charge in [0.2, 0.25) is 0 Å². The number of hydrogen-bond donors (Lipinski definition) is 1. The number of aromatic nitrogens is 2. The standard InChI is InChI=1S/C15H29N3S/c1-4-5-6-7-8-9-10-11-13(16)15-14(12(2)3)17-18-19-15/h12-13H,4-11,16H2,1-3H3. The van der Waals surface area contributed by atoms with Gasteiger partial charge in [-0.05, 0) is 23.9 Å². The van der Waals surface area contributed by atoms with Gasteiger partial charge in [-0.2, -0.15) is 0 Å². The Kier molecular flexibility index (Phi) is 8.22. The normalized spacial score (nSPS) is 13.1. The third kappa shape index (κ3) is 6.00. The van der Waals surface area contributed by atoms with Gasteiger partial charge in [-0.15, -0.1) is 5.10 Å². The molecule has 4 heteroatoms. The zero-order valence-electron chi connectivity index (χ0n) is 12.7. The van der Waals surface area contributed by atoms with Crippen LogP contribution in [0.15, 0.2) is 0 Å². The Morgan fingerprint density at radius 3 is 2.32 bits per heavy atom. The zero-order chi connectivity index (χ0) is 14.1. The molecule has 1 rings (SSSR count). The molecule has 0 radical (unpaired) electrons. The quantitative estimate of drug-likeness (QED) is 0.627. The highest BCUT2D eigenvalue weighted by Gasteiger charge is 2.17. The van der Waals surface area contributed by atoms with Gasteiger partial charge in [0.25, 0.3) is 0 Å². The molecule has 0 bridgehead atoms. The van der Waals surface area contributed by atoms with Crippen molar-refractivity contribution in [2.24, 2.45) is 5.73 Å². The molecule has 0 fully saturated rings. The first-order valence-corrected chi connectivity index (χ1v) is 8.51. The number of unbranched alkanes of at least 4 members (excludes halogenated alkanes) is 6. The minimum atomic E-state index is 0.132. The summed E-state index contributed by atoms with van der Waals surface area (Å²) < 4.78 is 4.05. The Morgan fingerprint density at radius 2 is 1.68 bits per heavy atom. The van der Waals surface area contributed by atoms with Crippen molar-refractivity contribution in [2.75, 3.05) is 0 Å². The SMILES string of the molecule is CCCCCCCCCC(N)c1snnc1C(C)C. The lowest BCUT2D eigenvalue weighted by Crippen LogP contribution is -2.11.